The Morgan fingerprint density at radius 2 is 2.00 bits per heavy atom. The summed E-state index contributed by atoms with van der Waals surface area (Å²) in [6.07, 6.45) is 1.92. The van der Waals surface area contributed by atoms with Crippen LogP contribution in [0.1, 0.15) is 22.5 Å². The molecule has 1 aromatic carbocycles. The van der Waals surface area contributed by atoms with E-state index in [4.69, 9.17) is 0 Å². The number of rotatable bonds is 6. The molecule has 0 saturated carbocycles. The number of hydrogen-bond donors (Lipinski definition) is 3. The van der Waals surface area contributed by atoms with Gasteiger partial charge in [0.1, 0.15) is 5.82 Å². The van der Waals surface area contributed by atoms with Crippen molar-refractivity contribution in [1.82, 2.24) is 20.6 Å². The van der Waals surface area contributed by atoms with E-state index >= 15 is 0 Å². The number of aliphatic imine (C=N–C) groups is 1. The minimum absolute atomic E-state index is 0.782. The maximum Gasteiger partial charge on any atom is 0.191 e. The molecule has 0 fully saturated rings. The van der Waals surface area contributed by atoms with Gasteiger partial charge in [0.2, 0.25) is 0 Å². The highest BCUT2D eigenvalue weighted by Crippen LogP contribution is 2.16. The number of nitrogens with zero attached hydrogens (tertiary/aromatic N) is 2. The average molecular weight is 341 g/mol. The van der Waals surface area contributed by atoms with Gasteiger partial charge in [0.15, 0.2) is 5.96 Å². The van der Waals surface area contributed by atoms with Gasteiger partial charge in [0.05, 0.1) is 17.6 Å². The van der Waals surface area contributed by atoms with Gasteiger partial charge in [-0.05, 0) is 30.7 Å². The van der Waals surface area contributed by atoms with Crippen LogP contribution in [0.3, 0.4) is 0 Å². The Labute approximate surface area is 146 Å². The fourth-order valence-corrected chi connectivity index (χ4v) is 3.42. The van der Waals surface area contributed by atoms with E-state index in [1.165, 1.54) is 9.75 Å². The number of guanidine groups is 1. The molecule has 0 aliphatic rings. The number of nitrogens with one attached hydrogen (secondary N) is 3. The lowest BCUT2D eigenvalue weighted by molar-refractivity contribution is 0.780. The van der Waals surface area contributed by atoms with Gasteiger partial charge in [0, 0.05) is 29.8 Å². The minimum Gasteiger partial charge on any atom is -0.356 e. The number of aromatic nitrogens is 2. The summed E-state index contributed by atoms with van der Waals surface area (Å²) in [6, 6.07) is 12.5. The molecule has 0 saturated heterocycles. The highest BCUT2D eigenvalue weighted by molar-refractivity contribution is 7.11. The van der Waals surface area contributed by atoms with Crippen LogP contribution in [-0.4, -0.2) is 29.5 Å². The fraction of sp³-hybridized carbons (Fsp3) is 0.333. The first-order chi connectivity index (χ1) is 11.8. The van der Waals surface area contributed by atoms with Crippen LogP contribution in [0.25, 0.3) is 11.0 Å². The van der Waals surface area contributed by atoms with Gasteiger partial charge in [-0.3, -0.25) is 4.99 Å². The lowest BCUT2D eigenvalue weighted by Crippen LogP contribution is -2.37. The molecule has 3 N–H and O–H groups in total. The first-order valence-electron chi connectivity index (χ1n) is 8.24. The molecule has 2 aromatic heterocycles. The minimum atomic E-state index is 0.782. The predicted octanol–water partition coefficient (Wildman–Crippen LogP) is 3.09. The molecular formula is C18H23N5S. The molecule has 0 radical (unpaired) electrons. The fourth-order valence-electron chi connectivity index (χ4n) is 2.52. The summed E-state index contributed by atoms with van der Waals surface area (Å²) in [5, 5.41) is 6.69. The van der Waals surface area contributed by atoms with Crippen molar-refractivity contribution in [3.05, 3.63) is 52.0 Å². The van der Waals surface area contributed by atoms with Crippen LogP contribution in [0.15, 0.2) is 41.4 Å². The first-order valence-corrected chi connectivity index (χ1v) is 9.06. The highest BCUT2D eigenvalue weighted by atomic mass is 32.1. The van der Waals surface area contributed by atoms with E-state index in [0.29, 0.717) is 0 Å². The number of hydrogen-bond acceptors (Lipinski definition) is 3. The number of benzene rings is 1. The predicted molar refractivity (Wildman–Crippen MR) is 102 cm³/mol. The van der Waals surface area contributed by atoms with Crippen molar-refractivity contribution in [2.24, 2.45) is 4.99 Å². The lowest BCUT2D eigenvalue weighted by atomic mass is 10.3. The number of para-hydroxylation sites is 2. The third-order valence-electron chi connectivity index (χ3n) is 3.81. The van der Waals surface area contributed by atoms with Gasteiger partial charge in [-0.2, -0.15) is 0 Å². The zero-order valence-electron chi connectivity index (χ0n) is 14.1. The van der Waals surface area contributed by atoms with Crippen LogP contribution in [0, 0.1) is 0 Å². The Morgan fingerprint density at radius 1 is 1.17 bits per heavy atom. The molecular weight excluding hydrogens is 318 g/mol. The Bertz CT molecular complexity index is 785. The maximum absolute atomic E-state index is 4.59. The Hall–Kier alpha value is -2.34. The van der Waals surface area contributed by atoms with Crippen molar-refractivity contribution < 1.29 is 0 Å². The molecule has 24 heavy (non-hydrogen) atoms. The van der Waals surface area contributed by atoms with E-state index in [2.05, 4.69) is 44.7 Å². The van der Waals surface area contributed by atoms with Crippen LogP contribution in [-0.2, 0) is 19.4 Å². The van der Waals surface area contributed by atoms with Crippen LogP contribution >= 0.6 is 11.3 Å². The third kappa shape index (κ3) is 4.14. The Kier molecular flexibility index (Phi) is 5.48. The molecule has 6 heteroatoms. The van der Waals surface area contributed by atoms with E-state index in [0.717, 1.165) is 48.7 Å². The van der Waals surface area contributed by atoms with Crippen molar-refractivity contribution in [2.75, 3.05) is 13.6 Å². The second kappa shape index (κ2) is 7.97. The highest BCUT2D eigenvalue weighted by Gasteiger charge is 2.04. The molecule has 126 valence electrons. The van der Waals surface area contributed by atoms with E-state index in [-0.39, 0.29) is 0 Å². The molecule has 5 nitrogen and oxygen atoms in total. The summed E-state index contributed by atoms with van der Waals surface area (Å²) in [7, 11) is 1.79. The first kappa shape index (κ1) is 16.5. The molecule has 0 amide bonds. The standard InChI is InChI=1S/C18H23N5S/c1-3-13-8-9-14(24-13)12-21-18(19-2)20-11-10-17-22-15-6-4-5-7-16(15)23-17/h4-9H,3,10-12H2,1-2H3,(H,22,23)(H2,19,20,21). The topological polar surface area (TPSA) is 65.1 Å². The number of H-pyrrole nitrogens is 1. The summed E-state index contributed by atoms with van der Waals surface area (Å²) in [6.45, 7) is 3.76. The third-order valence-corrected chi connectivity index (χ3v) is 5.04. The molecule has 0 bridgehead atoms. The smallest absolute Gasteiger partial charge is 0.191 e. The largest absolute Gasteiger partial charge is 0.356 e. The van der Waals surface area contributed by atoms with E-state index in [9.17, 15) is 0 Å². The van der Waals surface area contributed by atoms with Gasteiger partial charge >= 0.3 is 0 Å². The zero-order valence-corrected chi connectivity index (χ0v) is 14.9. The zero-order chi connectivity index (χ0) is 16.8. The molecule has 0 atom stereocenters. The molecule has 3 aromatic rings. The van der Waals surface area contributed by atoms with E-state index < -0.39 is 0 Å². The Balaban J connectivity index is 1.47. The van der Waals surface area contributed by atoms with Gasteiger partial charge in [-0.1, -0.05) is 19.1 Å². The molecule has 0 aliphatic heterocycles. The summed E-state index contributed by atoms with van der Waals surface area (Å²) in [5.74, 6) is 1.81. The molecule has 3 rings (SSSR count). The number of thiophene rings is 1. The van der Waals surface area contributed by atoms with Crippen molar-refractivity contribution in [1.29, 1.82) is 0 Å². The molecule has 2 heterocycles. The number of imidazole rings is 1. The van der Waals surface area contributed by atoms with Gasteiger partial charge in [-0.15, -0.1) is 11.3 Å². The average Bonchev–Trinajstić information content (AvgIpc) is 3.23. The normalized spacial score (nSPS) is 11.8. The lowest BCUT2D eigenvalue weighted by Gasteiger charge is -2.10. The monoisotopic (exact) mass is 341 g/mol. The van der Waals surface area contributed by atoms with Crippen LogP contribution in [0.5, 0.6) is 0 Å². The van der Waals surface area contributed by atoms with Crippen molar-refractivity contribution in [3.8, 4) is 0 Å². The van der Waals surface area contributed by atoms with E-state index in [1.54, 1.807) is 7.05 Å². The number of fused-ring (bicyclic) bond motifs is 1. The molecule has 0 unspecified atom stereocenters. The van der Waals surface area contributed by atoms with Crippen LogP contribution in [0.4, 0.5) is 0 Å². The number of aryl methyl sites for hydroxylation is 1. The molecule has 0 spiro atoms. The van der Waals surface area contributed by atoms with Gasteiger partial charge in [0.25, 0.3) is 0 Å². The summed E-state index contributed by atoms with van der Waals surface area (Å²) in [5.41, 5.74) is 2.10. The van der Waals surface area contributed by atoms with Crippen molar-refractivity contribution >= 4 is 28.3 Å². The van der Waals surface area contributed by atoms with Gasteiger partial charge in [-0.25, -0.2) is 4.98 Å². The maximum atomic E-state index is 4.59. The second-order valence-corrected chi connectivity index (χ2v) is 6.78. The second-order valence-electron chi connectivity index (χ2n) is 5.52. The van der Waals surface area contributed by atoms with Crippen molar-refractivity contribution in [3.63, 3.8) is 0 Å². The summed E-state index contributed by atoms with van der Waals surface area (Å²) >= 11 is 1.85. The van der Waals surface area contributed by atoms with Crippen LogP contribution in [0.2, 0.25) is 0 Å². The molecule has 0 aliphatic carbocycles. The summed E-state index contributed by atoms with van der Waals surface area (Å²) in [4.78, 5) is 14.9. The van der Waals surface area contributed by atoms with Gasteiger partial charge < -0.3 is 15.6 Å². The number of aromatic amines is 1. The van der Waals surface area contributed by atoms with Crippen LogP contribution < -0.4 is 10.6 Å². The van der Waals surface area contributed by atoms with Crippen molar-refractivity contribution in [2.45, 2.75) is 26.3 Å². The SMILES string of the molecule is CCc1ccc(CNC(=NC)NCCc2nc3ccccc3[nH]2)s1. The van der Waals surface area contributed by atoms with E-state index in [1.807, 2.05) is 35.6 Å². The quantitative estimate of drug-likeness (QED) is 0.477. The summed E-state index contributed by atoms with van der Waals surface area (Å²) < 4.78 is 0. The Morgan fingerprint density at radius 3 is 2.75 bits per heavy atom.